The lowest BCUT2D eigenvalue weighted by Crippen LogP contribution is -2.47. The number of rotatable bonds is 7. The molecule has 0 bridgehead atoms. The van der Waals surface area contributed by atoms with Crippen LogP contribution in [0.15, 0.2) is 0 Å². The van der Waals surface area contributed by atoms with Crippen molar-refractivity contribution in [3.05, 3.63) is 0 Å². The summed E-state index contributed by atoms with van der Waals surface area (Å²) >= 11 is 0. The number of carbonyl (C=O) groups excluding carboxylic acids is 2. The first-order valence-electron chi connectivity index (χ1n) is 8.65. The molecule has 6 nitrogen and oxygen atoms in total. The number of likely N-dealkylation sites (tertiary alicyclic amines) is 1. The van der Waals surface area contributed by atoms with Crippen LogP contribution in [0.3, 0.4) is 0 Å². The lowest BCUT2D eigenvalue weighted by Gasteiger charge is -2.32. The Morgan fingerprint density at radius 2 is 1.91 bits per heavy atom. The predicted octanol–water partition coefficient (Wildman–Crippen LogP) is 1.52. The van der Waals surface area contributed by atoms with Crippen LogP contribution in [0.4, 0.5) is 0 Å². The molecule has 1 saturated heterocycles. The highest BCUT2D eigenvalue weighted by Crippen LogP contribution is 2.32. The maximum Gasteiger partial charge on any atom is 0.238 e. The summed E-state index contributed by atoms with van der Waals surface area (Å²) in [6.07, 6.45) is 5.02. The van der Waals surface area contributed by atoms with Crippen molar-refractivity contribution in [2.24, 2.45) is 17.8 Å². The highest BCUT2D eigenvalue weighted by molar-refractivity contribution is 7.90. The average molecular weight is 344 g/mol. The van der Waals surface area contributed by atoms with E-state index in [0.717, 1.165) is 32.1 Å². The van der Waals surface area contributed by atoms with Crippen molar-refractivity contribution in [3.63, 3.8) is 0 Å². The van der Waals surface area contributed by atoms with Crippen LogP contribution in [-0.4, -0.2) is 44.0 Å². The average Bonchev–Trinajstić information content (AvgIpc) is 3.30. The van der Waals surface area contributed by atoms with Crippen LogP contribution in [0.1, 0.15) is 52.4 Å². The Morgan fingerprint density at radius 3 is 2.52 bits per heavy atom. The van der Waals surface area contributed by atoms with E-state index in [2.05, 4.69) is 4.72 Å². The molecular formula is C16H28N2O4S. The minimum Gasteiger partial charge on any atom is -0.342 e. The van der Waals surface area contributed by atoms with Gasteiger partial charge in [0.15, 0.2) is 0 Å². The second-order valence-corrected chi connectivity index (χ2v) is 8.81. The van der Waals surface area contributed by atoms with Gasteiger partial charge in [0.05, 0.1) is 11.7 Å². The van der Waals surface area contributed by atoms with E-state index in [9.17, 15) is 18.0 Å². The molecule has 0 unspecified atom stereocenters. The molecule has 1 saturated carbocycles. The number of carbonyl (C=O) groups is 2. The predicted molar refractivity (Wildman–Crippen MR) is 88.0 cm³/mol. The number of hydrogen-bond donors (Lipinski definition) is 1. The van der Waals surface area contributed by atoms with Crippen LogP contribution < -0.4 is 4.72 Å². The Bertz CT molecular complexity index is 542. The molecule has 0 aromatic carbocycles. The largest absolute Gasteiger partial charge is 0.342 e. The van der Waals surface area contributed by atoms with Crippen molar-refractivity contribution in [2.45, 2.75) is 52.4 Å². The highest BCUT2D eigenvalue weighted by atomic mass is 32.2. The van der Waals surface area contributed by atoms with E-state index in [-0.39, 0.29) is 23.5 Å². The molecule has 2 amide bonds. The summed E-state index contributed by atoms with van der Waals surface area (Å²) < 4.78 is 26.4. The van der Waals surface area contributed by atoms with Crippen LogP contribution in [-0.2, 0) is 19.6 Å². The van der Waals surface area contributed by atoms with E-state index in [1.54, 1.807) is 4.90 Å². The fraction of sp³-hybridized carbons (Fsp3) is 0.875. The van der Waals surface area contributed by atoms with Gasteiger partial charge in [-0.25, -0.2) is 8.42 Å². The maximum atomic E-state index is 12.3. The molecule has 0 radical (unpaired) electrons. The first kappa shape index (κ1) is 18.2. The minimum absolute atomic E-state index is 0.0238. The summed E-state index contributed by atoms with van der Waals surface area (Å²) in [5.74, 6) is -0.601. The third-order valence-corrected chi connectivity index (χ3v) is 6.09. The number of amides is 2. The molecule has 2 atom stereocenters. The van der Waals surface area contributed by atoms with Crippen molar-refractivity contribution < 1.29 is 18.0 Å². The summed E-state index contributed by atoms with van der Waals surface area (Å²) in [5, 5.41) is 0. The Morgan fingerprint density at radius 1 is 1.22 bits per heavy atom. The monoisotopic (exact) mass is 344 g/mol. The molecule has 1 aliphatic carbocycles. The maximum absolute atomic E-state index is 12.3. The van der Waals surface area contributed by atoms with Crippen molar-refractivity contribution in [1.82, 2.24) is 9.62 Å². The van der Waals surface area contributed by atoms with Gasteiger partial charge in [0, 0.05) is 19.0 Å². The zero-order chi connectivity index (χ0) is 17.0. The normalized spacial score (nSPS) is 23.4. The summed E-state index contributed by atoms with van der Waals surface area (Å²) in [7, 11) is -3.60. The van der Waals surface area contributed by atoms with E-state index < -0.39 is 21.8 Å². The molecule has 1 aliphatic heterocycles. The quantitative estimate of drug-likeness (QED) is 0.759. The van der Waals surface area contributed by atoms with Crippen molar-refractivity contribution in [3.8, 4) is 0 Å². The van der Waals surface area contributed by atoms with Gasteiger partial charge in [0.1, 0.15) is 0 Å². The van der Waals surface area contributed by atoms with Gasteiger partial charge in [-0.3, -0.25) is 14.3 Å². The Kier molecular flexibility index (Phi) is 6.06. The molecule has 23 heavy (non-hydrogen) atoms. The van der Waals surface area contributed by atoms with Crippen LogP contribution in [0.5, 0.6) is 0 Å². The number of hydrogen-bond acceptors (Lipinski definition) is 4. The van der Waals surface area contributed by atoms with Gasteiger partial charge in [-0.1, -0.05) is 20.3 Å². The second-order valence-electron chi connectivity index (χ2n) is 7.04. The highest BCUT2D eigenvalue weighted by Gasteiger charge is 2.37. The first-order valence-corrected chi connectivity index (χ1v) is 10.3. The van der Waals surface area contributed by atoms with E-state index in [1.807, 2.05) is 13.8 Å². The van der Waals surface area contributed by atoms with Crippen molar-refractivity contribution >= 4 is 21.8 Å². The van der Waals surface area contributed by atoms with Crippen molar-refractivity contribution in [2.75, 3.05) is 18.8 Å². The molecule has 1 heterocycles. The summed E-state index contributed by atoms with van der Waals surface area (Å²) in [4.78, 5) is 26.1. The van der Waals surface area contributed by atoms with Gasteiger partial charge in [-0.05, 0) is 38.0 Å². The Hall–Kier alpha value is -1.11. The van der Waals surface area contributed by atoms with Gasteiger partial charge in [0.2, 0.25) is 21.8 Å². The number of piperidine rings is 1. The first-order chi connectivity index (χ1) is 10.8. The summed E-state index contributed by atoms with van der Waals surface area (Å²) in [5.41, 5.74) is 0. The van der Waals surface area contributed by atoms with Crippen LogP contribution >= 0.6 is 0 Å². The molecule has 2 aliphatic rings. The topological polar surface area (TPSA) is 83.6 Å². The fourth-order valence-corrected chi connectivity index (χ4v) is 4.68. The van der Waals surface area contributed by atoms with Crippen LogP contribution in [0, 0.1) is 17.8 Å². The fourth-order valence-electron chi connectivity index (χ4n) is 3.21. The molecular weight excluding hydrogens is 316 g/mol. The molecule has 1 N–H and O–H groups in total. The molecule has 0 spiro atoms. The molecule has 2 fully saturated rings. The van der Waals surface area contributed by atoms with Crippen molar-refractivity contribution in [1.29, 1.82) is 0 Å². The molecule has 0 aromatic heterocycles. The summed E-state index contributed by atoms with van der Waals surface area (Å²) in [6, 6.07) is 0. The van der Waals surface area contributed by atoms with Gasteiger partial charge < -0.3 is 4.90 Å². The minimum atomic E-state index is -3.60. The number of nitrogens with zero attached hydrogens (tertiary/aromatic N) is 1. The third kappa shape index (κ3) is 5.48. The lowest BCUT2D eigenvalue weighted by molar-refractivity contribution is -0.136. The van der Waals surface area contributed by atoms with Crippen LogP contribution in [0.2, 0.25) is 0 Å². The third-order valence-electron chi connectivity index (χ3n) is 4.57. The Balaban J connectivity index is 1.87. The second kappa shape index (κ2) is 7.64. The zero-order valence-electron chi connectivity index (χ0n) is 14.1. The van der Waals surface area contributed by atoms with Gasteiger partial charge in [-0.2, -0.15) is 0 Å². The number of sulfonamides is 1. The van der Waals surface area contributed by atoms with E-state index >= 15 is 0 Å². The zero-order valence-corrected chi connectivity index (χ0v) is 14.9. The lowest BCUT2D eigenvalue weighted by atomic mass is 9.97. The molecule has 0 aromatic rings. The smallest absolute Gasteiger partial charge is 0.238 e. The molecule has 132 valence electrons. The SMILES string of the molecule is CCC[C@@H](C)CS(=O)(=O)NC(=O)[C@H]1CCCN(C(=O)C2CC2)C1. The Labute approximate surface area is 139 Å². The number of nitrogens with one attached hydrogen (secondary N) is 1. The van der Waals surface area contributed by atoms with Gasteiger partial charge in [0.25, 0.3) is 0 Å². The van der Waals surface area contributed by atoms with E-state index in [0.29, 0.717) is 19.5 Å². The van der Waals surface area contributed by atoms with Crippen LogP contribution in [0.25, 0.3) is 0 Å². The molecule has 2 rings (SSSR count). The standard InChI is InChI=1S/C16H28N2O4S/c1-3-5-12(2)11-23(21,22)17-15(19)14-6-4-9-18(10-14)16(20)13-7-8-13/h12-14H,3-11H2,1-2H3,(H,17,19)/t12-,14+/m1/s1. The van der Waals surface area contributed by atoms with Gasteiger partial charge in [-0.15, -0.1) is 0 Å². The molecule has 7 heteroatoms. The van der Waals surface area contributed by atoms with E-state index in [1.165, 1.54) is 0 Å². The summed E-state index contributed by atoms with van der Waals surface area (Å²) in [6.45, 7) is 4.92. The van der Waals surface area contributed by atoms with E-state index in [4.69, 9.17) is 0 Å². The van der Waals surface area contributed by atoms with Gasteiger partial charge >= 0.3 is 0 Å².